The van der Waals surface area contributed by atoms with E-state index in [9.17, 15) is 28.0 Å². The van der Waals surface area contributed by atoms with E-state index in [4.69, 9.17) is 0 Å². The topological polar surface area (TPSA) is 126 Å². The Balaban J connectivity index is 1.53. The smallest absolute Gasteiger partial charge is 0.395 e. The van der Waals surface area contributed by atoms with Gasteiger partial charge in [-0.1, -0.05) is 12.1 Å². The Hall–Kier alpha value is -4.86. The summed E-state index contributed by atoms with van der Waals surface area (Å²) in [6.07, 6.45) is -2.73. The summed E-state index contributed by atoms with van der Waals surface area (Å²) in [5.74, 6) is -3.28. The van der Waals surface area contributed by atoms with Crippen LogP contribution in [-0.4, -0.2) is 38.5 Å². The average molecular weight is 496 g/mol. The Morgan fingerprint density at radius 2 is 2.08 bits per heavy atom. The number of halogens is 3. The summed E-state index contributed by atoms with van der Waals surface area (Å²) >= 11 is 0. The number of rotatable bonds is 5. The number of hydrogen-bond acceptors (Lipinski definition) is 7. The van der Waals surface area contributed by atoms with E-state index >= 15 is 0 Å². The third-order valence-electron chi connectivity index (χ3n) is 5.48. The predicted molar refractivity (Wildman–Crippen MR) is 119 cm³/mol. The van der Waals surface area contributed by atoms with E-state index in [0.717, 1.165) is 21.7 Å². The Morgan fingerprint density at radius 3 is 2.83 bits per heavy atom. The van der Waals surface area contributed by atoms with Crippen molar-refractivity contribution < 1.29 is 27.4 Å². The summed E-state index contributed by atoms with van der Waals surface area (Å²) in [5, 5.41) is 13.5. The lowest BCUT2D eigenvalue weighted by atomic mass is 10.1. The number of H-pyrrole nitrogens is 1. The number of hydrogen-bond donors (Lipinski definition) is 1. The summed E-state index contributed by atoms with van der Waals surface area (Å²) in [6, 6.07) is 10.7. The van der Waals surface area contributed by atoms with Crippen LogP contribution in [0.1, 0.15) is 12.5 Å². The van der Waals surface area contributed by atoms with Crippen LogP contribution in [-0.2, 0) is 11.3 Å². The molecule has 0 saturated heterocycles. The number of benzene rings is 2. The maximum Gasteiger partial charge on any atom is 0.586 e. The van der Waals surface area contributed by atoms with E-state index in [1.807, 2.05) is 6.07 Å². The van der Waals surface area contributed by atoms with Gasteiger partial charge in [0.05, 0.1) is 29.2 Å². The van der Waals surface area contributed by atoms with Crippen molar-refractivity contribution in [3.05, 3.63) is 64.5 Å². The van der Waals surface area contributed by atoms with Gasteiger partial charge in [0.1, 0.15) is 12.2 Å². The van der Waals surface area contributed by atoms with Crippen LogP contribution in [0, 0.1) is 17.1 Å². The van der Waals surface area contributed by atoms with Crippen molar-refractivity contribution in [2.24, 2.45) is 0 Å². The molecule has 0 unspecified atom stereocenters. The number of nitrogens with one attached hydrogen (secondary N) is 1. The molecule has 0 aliphatic carbocycles. The maximum absolute atomic E-state index is 15.0. The van der Waals surface area contributed by atoms with E-state index in [1.54, 1.807) is 31.2 Å². The molecule has 0 saturated carbocycles. The fourth-order valence-electron chi connectivity index (χ4n) is 3.89. The van der Waals surface area contributed by atoms with Crippen molar-refractivity contribution in [2.45, 2.75) is 19.8 Å². The zero-order valence-corrected chi connectivity index (χ0v) is 18.5. The number of anilines is 1. The molecule has 1 N–H and O–H groups in total. The van der Waals surface area contributed by atoms with E-state index in [1.165, 1.54) is 6.33 Å². The van der Waals surface area contributed by atoms with Crippen LogP contribution < -0.4 is 19.9 Å². The highest BCUT2D eigenvalue weighted by molar-refractivity contribution is 5.94. The molecule has 2 aromatic carbocycles. The molecule has 0 bridgehead atoms. The summed E-state index contributed by atoms with van der Waals surface area (Å²) in [5.41, 5.74) is 0.437. The fraction of sp³-hybridized carbons (Fsp3) is 0.174. The van der Waals surface area contributed by atoms with Crippen LogP contribution >= 0.6 is 0 Å². The van der Waals surface area contributed by atoms with Crippen molar-refractivity contribution in [3.8, 4) is 28.8 Å². The highest BCUT2D eigenvalue weighted by atomic mass is 19.3. The number of nitrogens with zero attached hydrogens (tertiary/aromatic N) is 5. The van der Waals surface area contributed by atoms with Crippen molar-refractivity contribution in [1.29, 1.82) is 5.26 Å². The molecule has 4 aromatic rings. The van der Waals surface area contributed by atoms with Crippen LogP contribution in [0.4, 0.5) is 18.9 Å². The number of fused-ring (bicyclic) bond motifs is 2. The molecular formula is C23H15F3N6O4. The number of alkyl halides is 2. The molecule has 0 spiro atoms. The van der Waals surface area contributed by atoms with E-state index in [2.05, 4.69) is 24.5 Å². The molecule has 36 heavy (non-hydrogen) atoms. The van der Waals surface area contributed by atoms with Gasteiger partial charge in [0.15, 0.2) is 17.1 Å². The third kappa shape index (κ3) is 3.78. The molecular weight excluding hydrogens is 481 g/mol. The van der Waals surface area contributed by atoms with Gasteiger partial charge in [-0.25, -0.2) is 14.1 Å². The van der Waals surface area contributed by atoms with Crippen LogP contribution in [0.2, 0.25) is 0 Å². The first-order valence-electron chi connectivity index (χ1n) is 10.6. The van der Waals surface area contributed by atoms with Gasteiger partial charge in [0, 0.05) is 12.1 Å². The van der Waals surface area contributed by atoms with Gasteiger partial charge in [0.2, 0.25) is 11.7 Å². The van der Waals surface area contributed by atoms with Gasteiger partial charge in [-0.15, -0.1) is 8.78 Å². The average Bonchev–Trinajstić information content (AvgIpc) is 3.47. The van der Waals surface area contributed by atoms with Crippen LogP contribution in [0.25, 0.3) is 22.3 Å². The minimum atomic E-state index is -4.03. The molecule has 10 nitrogen and oxygen atoms in total. The Morgan fingerprint density at radius 1 is 1.28 bits per heavy atom. The number of carbonyl (C=O) groups excluding carboxylic acids is 1. The first kappa shape index (κ1) is 22.9. The van der Waals surface area contributed by atoms with Gasteiger partial charge in [-0.05, 0) is 31.2 Å². The summed E-state index contributed by atoms with van der Waals surface area (Å²) in [6.45, 7) is 0.884. The Kier molecular flexibility index (Phi) is 5.36. The van der Waals surface area contributed by atoms with Crippen molar-refractivity contribution in [3.63, 3.8) is 0 Å². The quantitative estimate of drug-likeness (QED) is 0.450. The van der Waals surface area contributed by atoms with Gasteiger partial charge in [0.25, 0.3) is 5.56 Å². The van der Waals surface area contributed by atoms with Crippen LogP contribution in [0.5, 0.6) is 11.5 Å². The molecule has 5 rings (SSSR count). The molecule has 2 aromatic heterocycles. The second-order valence-corrected chi connectivity index (χ2v) is 7.66. The predicted octanol–water partition coefficient (Wildman–Crippen LogP) is 3.17. The van der Waals surface area contributed by atoms with Crippen LogP contribution in [0.15, 0.2) is 47.5 Å². The van der Waals surface area contributed by atoms with Gasteiger partial charge in [-0.2, -0.15) is 10.4 Å². The standard InChI is InChI=1S/C23H15F3N6O4/c1-2-31(14-6-7-15-21(17(14)24)36-23(25,26)35-15)16(33)10-32-22(34)20-19(28-11-29-20)18(30-32)13-5-3-4-12(8-13)9-27/h3-8,11H,2,10H2,1H3,(H,28,29). The lowest BCUT2D eigenvalue weighted by Gasteiger charge is -2.22. The SMILES string of the molecule is CCN(C(=O)Cn1nc(-c2cccc(C#N)c2)c2[nH]cnc2c1=O)c1ccc2c(c1F)OC(F)(F)O2. The zero-order valence-electron chi connectivity index (χ0n) is 18.5. The lowest BCUT2D eigenvalue weighted by molar-refractivity contribution is -0.287. The van der Waals surface area contributed by atoms with Crippen molar-refractivity contribution in [1.82, 2.24) is 19.7 Å². The first-order valence-corrected chi connectivity index (χ1v) is 10.6. The fourth-order valence-corrected chi connectivity index (χ4v) is 3.89. The molecule has 1 aliphatic rings. The largest absolute Gasteiger partial charge is 0.586 e. The molecule has 0 atom stereocenters. The number of amides is 1. The van der Waals surface area contributed by atoms with Gasteiger partial charge >= 0.3 is 6.29 Å². The Bertz CT molecular complexity index is 1620. The molecule has 13 heteroatoms. The number of carbonyl (C=O) groups is 1. The molecule has 0 radical (unpaired) electrons. The number of ether oxygens (including phenoxy) is 2. The minimum Gasteiger partial charge on any atom is -0.395 e. The minimum absolute atomic E-state index is 0.00898. The van der Waals surface area contributed by atoms with Gasteiger partial charge in [-0.3, -0.25) is 9.59 Å². The number of imidazole rings is 1. The van der Waals surface area contributed by atoms with Crippen molar-refractivity contribution >= 4 is 22.6 Å². The molecule has 3 heterocycles. The number of nitriles is 1. The van der Waals surface area contributed by atoms with E-state index in [-0.39, 0.29) is 23.4 Å². The molecule has 0 fully saturated rings. The third-order valence-corrected chi connectivity index (χ3v) is 5.48. The highest BCUT2D eigenvalue weighted by Gasteiger charge is 2.46. The molecule has 1 amide bonds. The second-order valence-electron chi connectivity index (χ2n) is 7.66. The number of aromatic amines is 1. The second kappa shape index (κ2) is 8.42. The normalized spacial score (nSPS) is 13.5. The maximum atomic E-state index is 15.0. The summed E-state index contributed by atoms with van der Waals surface area (Å²) in [4.78, 5) is 34.0. The number of aromatic nitrogens is 4. The van der Waals surface area contributed by atoms with E-state index in [0.29, 0.717) is 16.6 Å². The monoisotopic (exact) mass is 496 g/mol. The van der Waals surface area contributed by atoms with E-state index < -0.39 is 41.6 Å². The highest BCUT2D eigenvalue weighted by Crippen LogP contribution is 2.45. The Labute approximate surface area is 200 Å². The summed E-state index contributed by atoms with van der Waals surface area (Å²) < 4.78 is 51.1. The number of likely N-dealkylation sites (N-methyl/N-ethyl adjacent to an activating group) is 1. The summed E-state index contributed by atoms with van der Waals surface area (Å²) in [7, 11) is 0. The molecule has 182 valence electrons. The zero-order chi connectivity index (χ0) is 25.6. The van der Waals surface area contributed by atoms with Crippen molar-refractivity contribution in [2.75, 3.05) is 11.4 Å². The lowest BCUT2D eigenvalue weighted by Crippen LogP contribution is -2.38. The first-order chi connectivity index (χ1) is 17.2. The van der Waals surface area contributed by atoms with Gasteiger partial charge < -0.3 is 19.4 Å². The van der Waals surface area contributed by atoms with Crippen LogP contribution in [0.3, 0.4) is 0 Å². The molecule has 1 aliphatic heterocycles.